The molecule has 0 amide bonds. The molecule has 0 aliphatic rings. The molecule has 0 radical (unpaired) electrons. The third-order valence-electron chi connectivity index (χ3n) is 2.59. The molecule has 0 aliphatic carbocycles. The Morgan fingerprint density at radius 1 is 1.26 bits per heavy atom. The van der Waals surface area contributed by atoms with Crippen LogP contribution in [-0.4, -0.2) is 4.92 Å². The van der Waals surface area contributed by atoms with Crippen molar-refractivity contribution in [1.82, 2.24) is 0 Å². The van der Waals surface area contributed by atoms with Gasteiger partial charge in [-0.2, -0.15) is 0 Å². The van der Waals surface area contributed by atoms with Crippen molar-refractivity contribution in [2.24, 2.45) is 0 Å². The Balaban J connectivity index is 2.11. The molecule has 2 aromatic rings. The van der Waals surface area contributed by atoms with E-state index in [9.17, 15) is 10.1 Å². The summed E-state index contributed by atoms with van der Waals surface area (Å²) in [6, 6.07) is 12.5. The van der Waals surface area contributed by atoms with Gasteiger partial charge in [-0.3, -0.25) is 10.1 Å². The lowest BCUT2D eigenvalue weighted by atomic mass is 10.2. The number of anilines is 1. The molecule has 0 fully saturated rings. The van der Waals surface area contributed by atoms with Gasteiger partial charge in [-0.25, -0.2) is 0 Å². The number of nitro groups is 1. The van der Waals surface area contributed by atoms with E-state index in [4.69, 9.17) is 11.6 Å². The van der Waals surface area contributed by atoms with Crippen LogP contribution in [0.25, 0.3) is 0 Å². The summed E-state index contributed by atoms with van der Waals surface area (Å²) >= 11 is 8.01. The molecule has 0 saturated heterocycles. The van der Waals surface area contributed by atoms with Gasteiger partial charge in [0.05, 0.1) is 8.49 Å². The fourth-order valence-electron chi connectivity index (χ4n) is 1.60. The fraction of sp³-hybridized carbons (Fsp3) is 0.0769. The highest BCUT2D eigenvalue weighted by atomic mass is 127. The average molecular weight is 389 g/mol. The van der Waals surface area contributed by atoms with E-state index >= 15 is 0 Å². The predicted molar refractivity (Wildman–Crippen MR) is 84.6 cm³/mol. The maximum atomic E-state index is 10.7. The summed E-state index contributed by atoms with van der Waals surface area (Å²) in [6.07, 6.45) is 0. The van der Waals surface area contributed by atoms with Crippen LogP contribution in [0.15, 0.2) is 42.5 Å². The van der Waals surface area contributed by atoms with Gasteiger partial charge in [0.25, 0.3) is 5.69 Å². The zero-order valence-electron chi connectivity index (χ0n) is 9.77. The predicted octanol–water partition coefficient (Wildman–Crippen LogP) is 4.46. The topological polar surface area (TPSA) is 55.2 Å². The maximum absolute atomic E-state index is 10.7. The summed E-state index contributed by atoms with van der Waals surface area (Å²) in [5.41, 5.74) is 1.93. The number of nitro benzene ring substituents is 1. The van der Waals surface area contributed by atoms with Gasteiger partial charge < -0.3 is 5.32 Å². The third-order valence-corrected chi connectivity index (χ3v) is 3.82. The average Bonchev–Trinajstić information content (AvgIpc) is 2.37. The monoisotopic (exact) mass is 388 g/mol. The van der Waals surface area contributed by atoms with E-state index in [0.717, 1.165) is 11.3 Å². The second-order valence-corrected chi connectivity index (χ2v) is 5.44. The highest BCUT2D eigenvalue weighted by molar-refractivity contribution is 14.1. The molecule has 98 valence electrons. The van der Waals surface area contributed by atoms with E-state index in [2.05, 4.69) is 5.32 Å². The van der Waals surface area contributed by atoms with Gasteiger partial charge in [0.2, 0.25) is 0 Å². The quantitative estimate of drug-likeness (QED) is 0.478. The molecule has 0 spiro atoms. The molecule has 2 rings (SSSR count). The molecular formula is C13H10ClIN2O2. The second kappa shape index (κ2) is 6.21. The Bertz CT molecular complexity index is 619. The van der Waals surface area contributed by atoms with Crippen LogP contribution in [0.4, 0.5) is 11.4 Å². The standard InChI is InChI=1S/C13H10ClIN2O2/c14-11-4-2-1-3-9(11)8-16-10-5-6-13(17(18)19)12(15)7-10/h1-7,16H,8H2. The number of nitrogens with one attached hydrogen (secondary N) is 1. The smallest absolute Gasteiger partial charge is 0.282 e. The minimum atomic E-state index is -0.389. The Morgan fingerprint density at radius 2 is 2.00 bits per heavy atom. The van der Waals surface area contributed by atoms with Crippen LogP contribution in [0.1, 0.15) is 5.56 Å². The van der Waals surface area contributed by atoms with Gasteiger partial charge in [-0.15, -0.1) is 0 Å². The molecule has 0 atom stereocenters. The summed E-state index contributed by atoms with van der Waals surface area (Å²) in [5, 5.41) is 14.6. The van der Waals surface area contributed by atoms with Crippen LogP contribution in [0.3, 0.4) is 0 Å². The van der Waals surface area contributed by atoms with Crippen molar-refractivity contribution in [3.8, 4) is 0 Å². The summed E-state index contributed by atoms with van der Waals surface area (Å²) in [7, 11) is 0. The molecule has 0 aliphatic heterocycles. The first kappa shape index (κ1) is 14.1. The third kappa shape index (κ3) is 3.57. The molecular weight excluding hydrogens is 379 g/mol. The van der Waals surface area contributed by atoms with Gasteiger partial charge in [0.15, 0.2) is 0 Å². The van der Waals surface area contributed by atoms with E-state index in [1.807, 2.05) is 46.9 Å². The maximum Gasteiger partial charge on any atom is 0.282 e. The first-order chi connectivity index (χ1) is 9.08. The SMILES string of the molecule is O=[N+]([O-])c1ccc(NCc2ccccc2Cl)cc1I. The lowest BCUT2D eigenvalue weighted by Crippen LogP contribution is -2.01. The summed E-state index contributed by atoms with van der Waals surface area (Å²) in [4.78, 5) is 10.3. The zero-order chi connectivity index (χ0) is 13.8. The zero-order valence-corrected chi connectivity index (χ0v) is 12.7. The van der Waals surface area contributed by atoms with Crippen molar-refractivity contribution in [3.63, 3.8) is 0 Å². The van der Waals surface area contributed by atoms with Crippen molar-refractivity contribution in [1.29, 1.82) is 0 Å². The van der Waals surface area contributed by atoms with E-state index in [0.29, 0.717) is 15.1 Å². The van der Waals surface area contributed by atoms with Crippen molar-refractivity contribution >= 4 is 45.6 Å². The van der Waals surface area contributed by atoms with E-state index in [1.54, 1.807) is 12.1 Å². The molecule has 2 aromatic carbocycles. The Kier molecular flexibility index (Phi) is 4.60. The molecule has 0 saturated carbocycles. The Morgan fingerprint density at radius 3 is 2.63 bits per heavy atom. The highest BCUT2D eigenvalue weighted by Crippen LogP contribution is 2.25. The van der Waals surface area contributed by atoms with Crippen LogP contribution in [0.2, 0.25) is 5.02 Å². The largest absolute Gasteiger partial charge is 0.381 e. The van der Waals surface area contributed by atoms with Gasteiger partial charge >= 0.3 is 0 Å². The fourth-order valence-corrected chi connectivity index (χ4v) is 2.52. The number of benzene rings is 2. The van der Waals surface area contributed by atoms with Gasteiger partial charge in [0, 0.05) is 23.3 Å². The van der Waals surface area contributed by atoms with E-state index < -0.39 is 0 Å². The first-order valence-corrected chi connectivity index (χ1v) is 6.95. The van der Waals surface area contributed by atoms with Crippen molar-refractivity contribution in [2.75, 3.05) is 5.32 Å². The van der Waals surface area contributed by atoms with Crippen LogP contribution >= 0.6 is 34.2 Å². The number of nitrogens with zero attached hydrogens (tertiary/aromatic N) is 1. The lowest BCUT2D eigenvalue weighted by Gasteiger charge is -2.08. The molecule has 0 heterocycles. The van der Waals surface area contributed by atoms with Gasteiger partial charge in [-0.1, -0.05) is 29.8 Å². The molecule has 4 nitrogen and oxygen atoms in total. The summed E-state index contributed by atoms with van der Waals surface area (Å²) in [5.74, 6) is 0. The highest BCUT2D eigenvalue weighted by Gasteiger charge is 2.11. The minimum Gasteiger partial charge on any atom is -0.381 e. The number of halogens is 2. The van der Waals surface area contributed by atoms with Crippen molar-refractivity contribution in [3.05, 3.63) is 66.7 Å². The Labute approximate surface area is 129 Å². The van der Waals surface area contributed by atoms with Crippen LogP contribution in [0, 0.1) is 13.7 Å². The number of rotatable bonds is 4. The summed E-state index contributed by atoms with van der Waals surface area (Å²) in [6.45, 7) is 0.577. The molecule has 6 heteroatoms. The Hall–Kier alpha value is -1.34. The second-order valence-electron chi connectivity index (χ2n) is 3.87. The van der Waals surface area contributed by atoms with Gasteiger partial charge in [-0.05, 0) is 46.4 Å². The molecule has 1 N–H and O–H groups in total. The molecule has 19 heavy (non-hydrogen) atoms. The number of hydrogen-bond acceptors (Lipinski definition) is 3. The normalized spacial score (nSPS) is 10.2. The van der Waals surface area contributed by atoms with Crippen LogP contribution in [0.5, 0.6) is 0 Å². The van der Waals surface area contributed by atoms with Crippen LogP contribution in [-0.2, 0) is 6.54 Å². The van der Waals surface area contributed by atoms with Crippen LogP contribution < -0.4 is 5.32 Å². The lowest BCUT2D eigenvalue weighted by molar-refractivity contribution is -0.385. The molecule has 0 aromatic heterocycles. The van der Waals surface area contributed by atoms with Crippen molar-refractivity contribution < 1.29 is 4.92 Å². The van der Waals surface area contributed by atoms with E-state index in [1.165, 1.54) is 6.07 Å². The van der Waals surface area contributed by atoms with Crippen molar-refractivity contribution in [2.45, 2.75) is 6.54 Å². The summed E-state index contributed by atoms with van der Waals surface area (Å²) < 4.78 is 0.603. The number of hydrogen-bond donors (Lipinski definition) is 1. The van der Waals surface area contributed by atoms with E-state index in [-0.39, 0.29) is 10.6 Å². The minimum absolute atomic E-state index is 0.115. The molecule has 0 bridgehead atoms. The molecule has 0 unspecified atom stereocenters. The van der Waals surface area contributed by atoms with Gasteiger partial charge in [0.1, 0.15) is 0 Å². The first-order valence-electron chi connectivity index (χ1n) is 5.49.